The minimum atomic E-state index is 0.628. The van der Waals surface area contributed by atoms with E-state index < -0.39 is 0 Å². The molecule has 0 aliphatic carbocycles. The van der Waals surface area contributed by atoms with Crippen LogP contribution in [0, 0.1) is 18.3 Å². The van der Waals surface area contributed by atoms with Gasteiger partial charge in [-0.25, -0.2) is 0 Å². The van der Waals surface area contributed by atoms with Crippen molar-refractivity contribution in [1.29, 1.82) is 0 Å². The average Bonchev–Trinajstić information content (AvgIpc) is 1.97. The summed E-state index contributed by atoms with van der Waals surface area (Å²) in [5.41, 5.74) is 0. The number of terminal acetylenes is 1. The predicted octanol–water partition coefficient (Wildman–Crippen LogP) is 2.42. The molecule has 1 nitrogen and oxygen atoms in total. The van der Waals surface area contributed by atoms with Crippen LogP contribution in [0.25, 0.3) is 0 Å². The van der Waals surface area contributed by atoms with Crippen LogP contribution in [0.5, 0.6) is 0 Å². The SMILES string of the molecule is C#CCCCNC(C)CC(C)C. The van der Waals surface area contributed by atoms with Crippen LogP contribution in [0.15, 0.2) is 0 Å². The van der Waals surface area contributed by atoms with Crippen molar-refractivity contribution in [2.24, 2.45) is 5.92 Å². The van der Waals surface area contributed by atoms with Crippen molar-refractivity contribution in [2.75, 3.05) is 6.54 Å². The maximum absolute atomic E-state index is 5.15. The number of nitrogens with one attached hydrogen (secondary N) is 1. The smallest absolute Gasteiger partial charge is 0.00981 e. The first-order valence-corrected chi connectivity index (χ1v) is 4.83. The summed E-state index contributed by atoms with van der Waals surface area (Å²) < 4.78 is 0. The quantitative estimate of drug-likeness (QED) is 0.473. The second-order valence-electron chi connectivity index (χ2n) is 3.79. The van der Waals surface area contributed by atoms with Crippen molar-refractivity contribution >= 4 is 0 Å². The normalized spacial score (nSPS) is 12.9. The molecule has 0 bridgehead atoms. The summed E-state index contributed by atoms with van der Waals surface area (Å²) in [4.78, 5) is 0. The van der Waals surface area contributed by atoms with E-state index in [1.54, 1.807) is 0 Å². The first kappa shape index (κ1) is 11.5. The molecule has 0 aliphatic rings. The van der Waals surface area contributed by atoms with Gasteiger partial charge in [0.2, 0.25) is 0 Å². The topological polar surface area (TPSA) is 12.0 Å². The maximum Gasteiger partial charge on any atom is 0.00981 e. The Morgan fingerprint density at radius 3 is 2.50 bits per heavy atom. The Bertz CT molecular complexity index is 132. The molecule has 0 aromatic heterocycles. The molecule has 1 heteroatoms. The third kappa shape index (κ3) is 7.63. The van der Waals surface area contributed by atoms with Gasteiger partial charge < -0.3 is 5.32 Å². The highest BCUT2D eigenvalue weighted by Gasteiger charge is 2.02. The lowest BCUT2D eigenvalue weighted by Crippen LogP contribution is -2.28. The molecule has 1 atom stereocenters. The van der Waals surface area contributed by atoms with Crippen LogP contribution in [-0.4, -0.2) is 12.6 Å². The van der Waals surface area contributed by atoms with E-state index in [-0.39, 0.29) is 0 Å². The van der Waals surface area contributed by atoms with E-state index in [2.05, 4.69) is 32.0 Å². The van der Waals surface area contributed by atoms with Gasteiger partial charge in [0.1, 0.15) is 0 Å². The van der Waals surface area contributed by atoms with Crippen LogP contribution in [0.4, 0.5) is 0 Å². The molecule has 0 aliphatic heterocycles. The molecule has 1 unspecified atom stereocenters. The van der Waals surface area contributed by atoms with Gasteiger partial charge >= 0.3 is 0 Å². The van der Waals surface area contributed by atoms with Crippen LogP contribution < -0.4 is 5.32 Å². The third-order valence-corrected chi connectivity index (χ3v) is 1.82. The molecule has 70 valence electrons. The highest BCUT2D eigenvalue weighted by Crippen LogP contribution is 2.03. The summed E-state index contributed by atoms with van der Waals surface area (Å²) >= 11 is 0. The maximum atomic E-state index is 5.15. The monoisotopic (exact) mass is 167 g/mol. The minimum Gasteiger partial charge on any atom is -0.314 e. The van der Waals surface area contributed by atoms with E-state index in [0.717, 1.165) is 25.3 Å². The standard InChI is InChI=1S/C11H21N/c1-5-6-7-8-12-11(4)9-10(2)3/h1,10-12H,6-9H2,2-4H3. The molecule has 0 spiro atoms. The molecule has 0 rings (SSSR count). The minimum absolute atomic E-state index is 0.628. The van der Waals surface area contributed by atoms with Gasteiger partial charge in [0, 0.05) is 12.5 Å². The Morgan fingerprint density at radius 2 is 2.00 bits per heavy atom. The molecular weight excluding hydrogens is 146 g/mol. The Labute approximate surface area is 76.9 Å². The van der Waals surface area contributed by atoms with Crippen LogP contribution in [0.1, 0.15) is 40.0 Å². The van der Waals surface area contributed by atoms with Crippen molar-refractivity contribution < 1.29 is 0 Å². The van der Waals surface area contributed by atoms with E-state index >= 15 is 0 Å². The van der Waals surface area contributed by atoms with Crippen molar-refractivity contribution in [3.8, 4) is 12.3 Å². The van der Waals surface area contributed by atoms with Crippen LogP contribution >= 0.6 is 0 Å². The van der Waals surface area contributed by atoms with E-state index in [1.807, 2.05) is 0 Å². The van der Waals surface area contributed by atoms with Gasteiger partial charge in [-0.2, -0.15) is 0 Å². The van der Waals surface area contributed by atoms with Gasteiger partial charge in [0.25, 0.3) is 0 Å². The van der Waals surface area contributed by atoms with Gasteiger partial charge in [-0.3, -0.25) is 0 Å². The summed E-state index contributed by atoms with van der Waals surface area (Å²) in [7, 11) is 0. The average molecular weight is 167 g/mol. The zero-order chi connectivity index (χ0) is 9.40. The van der Waals surface area contributed by atoms with Crippen molar-refractivity contribution in [3.05, 3.63) is 0 Å². The second kappa shape index (κ2) is 7.18. The summed E-state index contributed by atoms with van der Waals surface area (Å²) in [6.45, 7) is 7.78. The first-order valence-electron chi connectivity index (χ1n) is 4.83. The fourth-order valence-corrected chi connectivity index (χ4v) is 1.33. The largest absolute Gasteiger partial charge is 0.314 e. The lowest BCUT2D eigenvalue weighted by atomic mass is 10.1. The number of hydrogen-bond donors (Lipinski definition) is 1. The molecule has 0 fully saturated rings. The number of unbranched alkanes of at least 4 members (excludes halogenated alkanes) is 1. The van der Waals surface area contributed by atoms with Gasteiger partial charge in [0.05, 0.1) is 0 Å². The predicted molar refractivity (Wildman–Crippen MR) is 55.0 cm³/mol. The van der Waals surface area contributed by atoms with Crippen molar-refractivity contribution in [3.63, 3.8) is 0 Å². The Hall–Kier alpha value is -0.480. The zero-order valence-corrected chi connectivity index (χ0v) is 8.56. The number of rotatable bonds is 6. The molecule has 0 saturated heterocycles. The first-order chi connectivity index (χ1) is 5.66. The Morgan fingerprint density at radius 1 is 1.33 bits per heavy atom. The summed E-state index contributed by atoms with van der Waals surface area (Å²) in [6.07, 6.45) is 8.38. The molecule has 0 radical (unpaired) electrons. The van der Waals surface area contributed by atoms with E-state index in [4.69, 9.17) is 6.42 Å². The molecule has 0 aromatic carbocycles. The van der Waals surface area contributed by atoms with E-state index in [0.29, 0.717) is 6.04 Å². The molecule has 0 saturated carbocycles. The fraction of sp³-hybridized carbons (Fsp3) is 0.818. The lowest BCUT2D eigenvalue weighted by molar-refractivity contribution is 0.440. The molecule has 0 aromatic rings. The highest BCUT2D eigenvalue weighted by molar-refractivity contribution is 4.83. The van der Waals surface area contributed by atoms with Gasteiger partial charge in [0.15, 0.2) is 0 Å². The van der Waals surface area contributed by atoms with Gasteiger partial charge in [-0.15, -0.1) is 12.3 Å². The molecule has 1 N–H and O–H groups in total. The van der Waals surface area contributed by atoms with Crippen LogP contribution in [-0.2, 0) is 0 Å². The van der Waals surface area contributed by atoms with E-state index in [1.165, 1.54) is 6.42 Å². The van der Waals surface area contributed by atoms with Crippen molar-refractivity contribution in [1.82, 2.24) is 5.32 Å². The molecule has 0 amide bonds. The Balaban J connectivity index is 3.20. The highest BCUT2D eigenvalue weighted by atomic mass is 14.9. The summed E-state index contributed by atoms with van der Waals surface area (Å²) in [5.74, 6) is 3.42. The molecule has 12 heavy (non-hydrogen) atoms. The van der Waals surface area contributed by atoms with Crippen molar-refractivity contribution in [2.45, 2.75) is 46.1 Å². The van der Waals surface area contributed by atoms with Crippen LogP contribution in [0.3, 0.4) is 0 Å². The van der Waals surface area contributed by atoms with Crippen LogP contribution in [0.2, 0.25) is 0 Å². The zero-order valence-electron chi connectivity index (χ0n) is 8.56. The van der Waals surface area contributed by atoms with Gasteiger partial charge in [-0.05, 0) is 32.2 Å². The Kier molecular flexibility index (Phi) is 6.90. The second-order valence-corrected chi connectivity index (χ2v) is 3.79. The molecular formula is C11H21N. The fourth-order valence-electron chi connectivity index (χ4n) is 1.33. The summed E-state index contributed by atoms with van der Waals surface area (Å²) in [6, 6.07) is 0.628. The summed E-state index contributed by atoms with van der Waals surface area (Å²) in [5, 5.41) is 3.45. The van der Waals surface area contributed by atoms with E-state index in [9.17, 15) is 0 Å². The number of hydrogen-bond acceptors (Lipinski definition) is 1. The third-order valence-electron chi connectivity index (χ3n) is 1.82. The van der Waals surface area contributed by atoms with Gasteiger partial charge in [-0.1, -0.05) is 13.8 Å². The molecule has 0 heterocycles. The lowest BCUT2D eigenvalue weighted by Gasteiger charge is -2.15.